The zero-order valence-electron chi connectivity index (χ0n) is 14.1. The highest BCUT2D eigenvalue weighted by Crippen LogP contribution is 2.13. The number of amides is 1. The first-order valence-corrected chi connectivity index (χ1v) is 8.42. The van der Waals surface area contributed by atoms with Crippen molar-refractivity contribution >= 4 is 29.7 Å². The van der Waals surface area contributed by atoms with Gasteiger partial charge in [-0.25, -0.2) is 10.2 Å². The third kappa shape index (κ3) is 6.18. The van der Waals surface area contributed by atoms with Crippen LogP contribution >= 0.6 is 11.6 Å². The van der Waals surface area contributed by atoms with Gasteiger partial charge in [-0.2, -0.15) is 5.10 Å². The number of hydrogen-bond donors (Lipinski definition) is 1. The molecule has 0 saturated heterocycles. The Kier molecular flexibility index (Phi) is 7.58. The fourth-order valence-corrected chi connectivity index (χ4v) is 2.24. The molecule has 0 bridgehead atoms. The molecule has 2 aromatic carbocycles. The highest BCUT2D eigenvalue weighted by Gasteiger charge is 2.14. The van der Waals surface area contributed by atoms with Gasteiger partial charge in [0, 0.05) is 29.6 Å². The number of carbonyl (C=O) groups excluding carboxylic acids is 2. The molecule has 134 valence electrons. The van der Waals surface area contributed by atoms with Crippen molar-refractivity contribution < 1.29 is 14.3 Å². The van der Waals surface area contributed by atoms with Crippen LogP contribution in [0.2, 0.25) is 5.02 Å². The lowest BCUT2D eigenvalue weighted by molar-refractivity contribution is 0.0325. The van der Waals surface area contributed by atoms with Gasteiger partial charge in [-0.05, 0) is 36.4 Å². The van der Waals surface area contributed by atoms with Gasteiger partial charge in [-0.3, -0.25) is 4.79 Å². The molecule has 0 aromatic heterocycles. The zero-order valence-corrected chi connectivity index (χ0v) is 14.9. The molecule has 1 atom stereocenters. The van der Waals surface area contributed by atoms with Crippen LogP contribution in [0.1, 0.15) is 33.6 Å². The summed E-state index contributed by atoms with van der Waals surface area (Å²) in [7, 11) is 0. The summed E-state index contributed by atoms with van der Waals surface area (Å²) in [5.74, 6) is -0.754. The van der Waals surface area contributed by atoms with Crippen molar-refractivity contribution in [3.8, 4) is 0 Å². The molecule has 2 rings (SSSR count). The Labute approximate surface area is 157 Å². The lowest BCUT2D eigenvalue weighted by Crippen LogP contribution is -2.20. The van der Waals surface area contributed by atoms with Crippen LogP contribution < -0.4 is 5.43 Å². The number of benzene rings is 2. The van der Waals surface area contributed by atoms with Crippen LogP contribution in [0.3, 0.4) is 0 Å². The van der Waals surface area contributed by atoms with Crippen LogP contribution in [-0.2, 0) is 4.74 Å². The molecule has 6 heteroatoms. The Hall–Kier alpha value is -2.92. The number of rotatable bonds is 8. The first kappa shape index (κ1) is 19.4. The predicted molar refractivity (Wildman–Crippen MR) is 102 cm³/mol. The standard InChI is InChI=1S/C20H19ClN2O3/c1-2-6-18(26-20(25)16-9-11-17(21)12-10-16)13-14-22-23-19(24)15-7-4-3-5-8-15/h2-5,7-12,14,18H,1,6,13H2,(H,23,24)/b22-14+. The summed E-state index contributed by atoms with van der Waals surface area (Å²) in [6.45, 7) is 3.67. The van der Waals surface area contributed by atoms with E-state index in [1.165, 1.54) is 6.21 Å². The van der Waals surface area contributed by atoms with Crippen LogP contribution in [0, 0.1) is 0 Å². The number of nitrogens with one attached hydrogen (secondary N) is 1. The minimum absolute atomic E-state index is 0.305. The Balaban J connectivity index is 1.87. The fraction of sp³-hybridized carbons (Fsp3) is 0.150. The Morgan fingerprint density at radius 3 is 2.42 bits per heavy atom. The Bertz CT molecular complexity index is 773. The molecule has 5 nitrogen and oxygen atoms in total. The van der Waals surface area contributed by atoms with Gasteiger partial charge in [-0.15, -0.1) is 6.58 Å². The molecule has 0 spiro atoms. The minimum atomic E-state index is -0.449. The lowest BCUT2D eigenvalue weighted by Gasteiger charge is -2.14. The van der Waals surface area contributed by atoms with Crippen molar-refractivity contribution in [1.82, 2.24) is 5.43 Å². The van der Waals surface area contributed by atoms with Gasteiger partial charge >= 0.3 is 5.97 Å². The highest BCUT2D eigenvalue weighted by molar-refractivity contribution is 6.30. The number of nitrogens with zero attached hydrogens (tertiary/aromatic N) is 1. The van der Waals surface area contributed by atoms with Crippen molar-refractivity contribution in [1.29, 1.82) is 0 Å². The maximum absolute atomic E-state index is 12.2. The maximum atomic E-state index is 12.2. The van der Waals surface area contributed by atoms with E-state index in [0.29, 0.717) is 29.0 Å². The summed E-state index contributed by atoms with van der Waals surface area (Å²) in [6, 6.07) is 15.2. The normalized spacial score (nSPS) is 11.7. The fourth-order valence-electron chi connectivity index (χ4n) is 2.11. The number of hydrogen-bond acceptors (Lipinski definition) is 4. The van der Waals surface area contributed by atoms with Crippen molar-refractivity contribution in [3.63, 3.8) is 0 Å². The number of esters is 1. The first-order valence-electron chi connectivity index (χ1n) is 8.04. The number of ether oxygens (including phenoxy) is 1. The largest absolute Gasteiger partial charge is 0.458 e. The van der Waals surface area contributed by atoms with Gasteiger partial charge in [-0.1, -0.05) is 35.9 Å². The second-order valence-corrected chi connectivity index (χ2v) is 5.85. The van der Waals surface area contributed by atoms with Gasteiger partial charge in [0.2, 0.25) is 0 Å². The Morgan fingerprint density at radius 2 is 1.77 bits per heavy atom. The molecule has 0 heterocycles. The van der Waals surface area contributed by atoms with E-state index in [2.05, 4.69) is 17.1 Å². The summed E-state index contributed by atoms with van der Waals surface area (Å²) >= 11 is 5.81. The number of hydrazone groups is 1. The molecular weight excluding hydrogens is 352 g/mol. The molecule has 0 aliphatic heterocycles. The molecule has 0 fully saturated rings. The monoisotopic (exact) mass is 370 g/mol. The second-order valence-electron chi connectivity index (χ2n) is 5.41. The van der Waals surface area contributed by atoms with Crippen molar-refractivity contribution in [2.75, 3.05) is 0 Å². The summed E-state index contributed by atoms with van der Waals surface area (Å²) in [5.41, 5.74) is 3.37. The van der Waals surface area contributed by atoms with Crippen LogP contribution in [-0.4, -0.2) is 24.2 Å². The molecule has 0 aliphatic rings. The van der Waals surface area contributed by atoms with Gasteiger partial charge in [0.05, 0.1) is 5.56 Å². The van der Waals surface area contributed by atoms with E-state index in [9.17, 15) is 9.59 Å². The number of carbonyl (C=O) groups is 2. The van der Waals surface area contributed by atoms with E-state index >= 15 is 0 Å². The van der Waals surface area contributed by atoms with Gasteiger partial charge in [0.25, 0.3) is 5.91 Å². The summed E-state index contributed by atoms with van der Waals surface area (Å²) in [5, 5.41) is 4.44. The van der Waals surface area contributed by atoms with Crippen LogP contribution in [0.5, 0.6) is 0 Å². The number of halogens is 1. The second kappa shape index (κ2) is 10.2. The first-order chi connectivity index (χ1) is 12.6. The molecule has 1 amide bonds. The van der Waals surface area contributed by atoms with Gasteiger partial charge in [0.1, 0.15) is 6.10 Å². The zero-order chi connectivity index (χ0) is 18.8. The predicted octanol–water partition coefficient (Wildman–Crippen LogP) is 4.25. The van der Waals surface area contributed by atoms with Crippen molar-refractivity contribution in [2.45, 2.75) is 18.9 Å². The highest BCUT2D eigenvalue weighted by atomic mass is 35.5. The van der Waals surface area contributed by atoms with Crippen LogP contribution in [0.4, 0.5) is 0 Å². The van der Waals surface area contributed by atoms with Crippen LogP contribution in [0.15, 0.2) is 72.4 Å². The summed E-state index contributed by atoms with van der Waals surface area (Å²) < 4.78 is 5.45. The van der Waals surface area contributed by atoms with Crippen molar-refractivity contribution in [3.05, 3.63) is 83.4 Å². The van der Waals surface area contributed by atoms with Crippen LogP contribution in [0.25, 0.3) is 0 Å². The third-order valence-electron chi connectivity index (χ3n) is 3.44. The Morgan fingerprint density at radius 1 is 1.08 bits per heavy atom. The van der Waals surface area contributed by atoms with E-state index in [1.807, 2.05) is 6.07 Å². The average Bonchev–Trinajstić information content (AvgIpc) is 2.66. The molecular formula is C20H19ClN2O3. The molecule has 0 aliphatic carbocycles. The van der Waals surface area contributed by atoms with E-state index in [0.717, 1.165) is 0 Å². The third-order valence-corrected chi connectivity index (χ3v) is 3.70. The van der Waals surface area contributed by atoms with Crippen molar-refractivity contribution in [2.24, 2.45) is 5.10 Å². The molecule has 2 aromatic rings. The summed E-state index contributed by atoms with van der Waals surface area (Å²) in [4.78, 5) is 24.0. The topological polar surface area (TPSA) is 67.8 Å². The molecule has 0 radical (unpaired) electrons. The SMILES string of the molecule is C=CCC(C/C=N/NC(=O)c1ccccc1)OC(=O)c1ccc(Cl)cc1. The molecule has 0 saturated carbocycles. The molecule has 1 N–H and O–H groups in total. The molecule has 26 heavy (non-hydrogen) atoms. The molecule has 1 unspecified atom stereocenters. The summed E-state index contributed by atoms with van der Waals surface area (Å²) in [6.07, 6.45) is 3.56. The smallest absolute Gasteiger partial charge is 0.338 e. The van der Waals surface area contributed by atoms with E-state index < -0.39 is 12.1 Å². The average molecular weight is 371 g/mol. The van der Waals surface area contributed by atoms with Gasteiger partial charge < -0.3 is 4.74 Å². The minimum Gasteiger partial charge on any atom is -0.458 e. The lowest BCUT2D eigenvalue weighted by atomic mass is 10.2. The van der Waals surface area contributed by atoms with E-state index in [1.54, 1.807) is 54.6 Å². The van der Waals surface area contributed by atoms with E-state index in [4.69, 9.17) is 16.3 Å². The maximum Gasteiger partial charge on any atom is 0.338 e. The van der Waals surface area contributed by atoms with Gasteiger partial charge in [0.15, 0.2) is 0 Å². The quantitative estimate of drug-likeness (QED) is 0.327. The van der Waals surface area contributed by atoms with E-state index in [-0.39, 0.29) is 5.91 Å².